The van der Waals surface area contributed by atoms with Crippen LogP contribution in [0.4, 0.5) is 5.82 Å². The van der Waals surface area contributed by atoms with Crippen molar-refractivity contribution in [3.05, 3.63) is 84.1 Å². The molecule has 0 radical (unpaired) electrons. The Labute approximate surface area is 234 Å². The minimum absolute atomic E-state index is 0.0528. The van der Waals surface area contributed by atoms with Gasteiger partial charge < -0.3 is 16.0 Å². The number of amides is 3. The van der Waals surface area contributed by atoms with Crippen molar-refractivity contribution in [1.82, 2.24) is 34.3 Å². The van der Waals surface area contributed by atoms with E-state index in [0.717, 1.165) is 28.2 Å². The second-order valence-electron chi connectivity index (χ2n) is 9.96. The monoisotopic (exact) mass is 549 g/mol. The number of carbonyl (C=O) groups excluding carboxylic acids is 3. The summed E-state index contributed by atoms with van der Waals surface area (Å²) in [6.07, 6.45) is 7.69. The Balaban J connectivity index is 1.28. The van der Waals surface area contributed by atoms with Crippen LogP contribution in [0, 0.1) is 13.8 Å². The lowest BCUT2D eigenvalue weighted by atomic mass is 10.1. The Bertz CT molecular complexity index is 1870. The van der Waals surface area contributed by atoms with Gasteiger partial charge in [-0.3, -0.25) is 19.1 Å². The quantitative estimate of drug-likeness (QED) is 0.309. The molecule has 1 aliphatic rings. The van der Waals surface area contributed by atoms with Gasteiger partial charge >= 0.3 is 0 Å². The average Bonchev–Trinajstić information content (AvgIpc) is 3.51. The molecular formula is C29H27N9O3. The van der Waals surface area contributed by atoms with Crippen molar-refractivity contribution in [3.8, 4) is 11.1 Å². The van der Waals surface area contributed by atoms with Crippen LogP contribution in [0.25, 0.3) is 27.7 Å². The van der Waals surface area contributed by atoms with Gasteiger partial charge in [-0.05, 0) is 50.1 Å². The zero-order valence-corrected chi connectivity index (χ0v) is 22.5. The van der Waals surface area contributed by atoms with E-state index in [2.05, 4.69) is 25.5 Å². The molecule has 0 saturated heterocycles. The Morgan fingerprint density at radius 3 is 2.68 bits per heavy atom. The molecule has 41 heavy (non-hydrogen) atoms. The number of hydrogen-bond acceptors (Lipinski definition) is 7. The van der Waals surface area contributed by atoms with Crippen LogP contribution in [-0.2, 0) is 16.1 Å². The van der Waals surface area contributed by atoms with Gasteiger partial charge in [0.05, 0.1) is 11.2 Å². The molecule has 12 nitrogen and oxygen atoms in total. The van der Waals surface area contributed by atoms with Gasteiger partial charge in [0.15, 0.2) is 11.3 Å². The number of hydrogen-bond donors (Lipinski definition) is 2. The number of carbonyl (C=O) groups is 3. The minimum atomic E-state index is -0.716. The van der Waals surface area contributed by atoms with Gasteiger partial charge in [-0.25, -0.2) is 14.5 Å². The van der Waals surface area contributed by atoms with Crippen LogP contribution < -0.4 is 11.1 Å². The van der Waals surface area contributed by atoms with E-state index >= 15 is 0 Å². The molecule has 3 amide bonds. The third kappa shape index (κ3) is 5.02. The molecule has 0 saturated carbocycles. The van der Waals surface area contributed by atoms with Gasteiger partial charge in [0.25, 0.3) is 5.91 Å². The Morgan fingerprint density at radius 1 is 1.02 bits per heavy atom. The van der Waals surface area contributed by atoms with E-state index in [1.54, 1.807) is 35.0 Å². The number of pyridine rings is 1. The number of rotatable bonds is 6. The molecular weight excluding hydrogens is 522 g/mol. The van der Waals surface area contributed by atoms with E-state index in [1.165, 1.54) is 9.58 Å². The van der Waals surface area contributed by atoms with Gasteiger partial charge in [0, 0.05) is 41.6 Å². The van der Waals surface area contributed by atoms with Crippen LogP contribution in [-0.4, -0.2) is 64.6 Å². The third-order valence-corrected chi connectivity index (χ3v) is 7.00. The summed E-state index contributed by atoms with van der Waals surface area (Å²) in [6.45, 7) is 3.82. The fraction of sp³-hybridized carbons (Fsp3) is 0.207. The first-order valence-corrected chi connectivity index (χ1v) is 13.1. The Hall–Kier alpha value is -5.39. The molecule has 1 aromatic carbocycles. The second kappa shape index (κ2) is 10.3. The Kier molecular flexibility index (Phi) is 6.50. The molecule has 0 bridgehead atoms. The van der Waals surface area contributed by atoms with Crippen molar-refractivity contribution in [2.24, 2.45) is 5.73 Å². The maximum Gasteiger partial charge on any atom is 0.269 e. The number of benzene rings is 1. The summed E-state index contributed by atoms with van der Waals surface area (Å²) in [5.41, 5.74) is 10.2. The number of aromatic nitrogens is 6. The van der Waals surface area contributed by atoms with Gasteiger partial charge in [0.1, 0.15) is 18.4 Å². The van der Waals surface area contributed by atoms with Crippen LogP contribution in [0.3, 0.4) is 0 Å². The normalized spacial score (nSPS) is 15.0. The molecule has 0 spiro atoms. The number of aryl methyl sites for hydroxylation is 2. The minimum Gasteiger partial charge on any atom is -0.364 e. The lowest BCUT2D eigenvalue weighted by Crippen LogP contribution is -2.49. The predicted octanol–water partition coefficient (Wildman–Crippen LogP) is 2.65. The molecule has 206 valence electrons. The molecule has 3 N–H and O–H groups in total. The summed E-state index contributed by atoms with van der Waals surface area (Å²) in [4.78, 5) is 49.3. The van der Waals surface area contributed by atoms with E-state index < -0.39 is 11.9 Å². The number of primary amides is 1. The fourth-order valence-electron chi connectivity index (χ4n) is 5.04. The summed E-state index contributed by atoms with van der Waals surface area (Å²) in [6, 6.07) is 12.0. The number of anilines is 1. The summed E-state index contributed by atoms with van der Waals surface area (Å²) in [5, 5.41) is 12.1. The standard InChI is InChI=1S/C29H27N9O3/c1-17-6-5-8-24(32-17)33-29(41)23-7-3-4-11-36(23)26(39)16-37-22-10-9-19(13-21(22)27(35-37)28(30)40)20-14-31-25-12-18(2)34-38(25)15-20/h3-6,8-10,12-15,23H,7,11,16H2,1-2H3,(H2,30,40)(H,32,33,41)/t23-/m0/s1. The topological polar surface area (TPSA) is 153 Å². The van der Waals surface area contributed by atoms with Crippen molar-refractivity contribution in [2.75, 3.05) is 11.9 Å². The van der Waals surface area contributed by atoms with Crippen LogP contribution in [0.5, 0.6) is 0 Å². The number of nitrogens with two attached hydrogens (primary N) is 1. The van der Waals surface area contributed by atoms with Crippen molar-refractivity contribution in [3.63, 3.8) is 0 Å². The zero-order chi connectivity index (χ0) is 28.7. The molecule has 5 aromatic rings. The van der Waals surface area contributed by atoms with E-state index in [0.29, 0.717) is 23.1 Å². The molecule has 0 unspecified atom stereocenters. The number of fused-ring (bicyclic) bond motifs is 2. The van der Waals surface area contributed by atoms with Crippen molar-refractivity contribution in [1.29, 1.82) is 0 Å². The van der Waals surface area contributed by atoms with Gasteiger partial charge in [-0.2, -0.15) is 10.2 Å². The van der Waals surface area contributed by atoms with Gasteiger partial charge in [0.2, 0.25) is 11.8 Å². The molecule has 4 aromatic heterocycles. The summed E-state index contributed by atoms with van der Waals surface area (Å²) in [5.74, 6) is -0.932. The second-order valence-corrected chi connectivity index (χ2v) is 9.96. The van der Waals surface area contributed by atoms with Crippen molar-refractivity contribution < 1.29 is 14.4 Å². The number of nitrogens with zero attached hydrogens (tertiary/aromatic N) is 7. The number of nitrogens with one attached hydrogen (secondary N) is 1. The highest BCUT2D eigenvalue weighted by Crippen LogP contribution is 2.27. The van der Waals surface area contributed by atoms with Gasteiger partial charge in [-0.1, -0.05) is 24.3 Å². The van der Waals surface area contributed by atoms with Crippen molar-refractivity contribution >= 4 is 40.1 Å². The van der Waals surface area contributed by atoms with Crippen molar-refractivity contribution in [2.45, 2.75) is 32.9 Å². The fourth-order valence-corrected chi connectivity index (χ4v) is 5.04. The van der Waals surface area contributed by atoms with E-state index in [-0.39, 0.29) is 30.6 Å². The molecule has 0 fully saturated rings. The predicted molar refractivity (Wildman–Crippen MR) is 152 cm³/mol. The van der Waals surface area contributed by atoms with Gasteiger partial charge in [-0.15, -0.1) is 0 Å². The third-order valence-electron chi connectivity index (χ3n) is 7.00. The lowest BCUT2D eigenvalue weighted by molar-refractivity contribution is -0.138. The average molecular weight is 550 g/mol. The highest BCUT2D eigenvalue weighted by atomic mass is 16.2. The smallest absolute Gasteiger partial charge is 0.269 e. The summed E-state index contributed by atoms with van der Waals surface area (Å²) >= 11 is 0. The first-order chi connectivity index (χ1) is 19.8. The molecule has 5 heterocycles. The van der Waals surface area contributed by atoms with Crippen LogP contribution >= 0.6 is 0 Å². The molecule has 12 heteroatoms. The van der Waals surface area contributed by atoms with E-state index in [4.69, 9.17) is 5.73 Å². The largest absolute Gasteiger partial charge is 0.364 e. The summed E-state index contributed by atoms with van der Waals surface area (Å²) < 4.78 is 3.15. The molecule has 6 rings (SSSR count). The van der Waals surface area contributed by atoms with Crippen LogP contribution in [0.15, 0.2) is 67.0 Å². The SMILES string of the molecule is Cc1cccc(NC(=O)[C@@H]2CC=CCN2C(=O)Cn2nc(C(N)=O)c3cc(-c4cnc5cc(C)nn5c4)ccc32)n1. The lowest BCUT2D eigenvalue weighted by Gasteiger charge is -2.32. The molecule has 1 aliphatic heterocycles. The summed E-state index contributed by atoms with van der Waals surface area (Å²) in [7, 11) is 0. The van der Waals surface area contributed by atoms with E-state index in [9.17, 15) is 14.4 Å². The molecule has 1 atom stereocenters. The van der Waals surface area contributed by atoms with Crippen LogP contribution in [0.2, 0.25) is 0 Å². The maximum absolute atomic E-state index is 13.5. The Morgan fingerprint density at radius 2 is 1.88 bits per heavy atom. The highest BCUT2D eigenvalue weighted by Gasteiger charge is 2.31. The molecule has 0 aliphatic carbocycles. The van der Waals surface area contributed by atoms with Crippen LogP contribution in [0.1, 0.15) is 28.3 Å². The van der Waals surface area contributed by atoms with E-state index in [1.807, 2.05) is 50.4 Å². The highest BCUT2D eigenvalue weighted by molar-refractivity contribution is 6.05. The maximum atomic E-state index is 13.5. The first kappa shape index (κ1) is 25.9. The first-order valence-electron chi connectivity index (χ1n) is 13.1. The zero-order valence-electron chi connectivity index (χ0n) is 22.5.